The van der Waals surface area contributed by atoms with Gasteiger partial charge in [-0.05, 0) is 56.4 Å². The lowest BCUT2D eigenvalue weighted by Gasteiger charge is -2.13. The summed E-state index contributed by atoms with van der Waals surface area (Å²) in [4.78, 5) is 9.37. The maximum Gasteiger partial charge on any atom is 0.315 e. The minimum absolute atomic E-state index is 0.153. The summed E-state index contributed by atoms with van der Waals surface area (Å²) in [7, 11) is 0. The molecule has 8 heteroatoms. The average Bonchev–Trinajstić information content (AvgIpc) is 3.29. The summed E-state index contributed by atoms with van der Waals surface area (Å²) in [5, 5.41) is 4.78. The van der Waals surface area contributed by atoms with E-state index in [9.17, 15) is 8.78 Å². The maximum absolute atomic E-state index is 12.6. The molecule has 0 aliphatic rings. The van der Waals surface area contributed by atoms with Crippen molar-refractivity contribution in [2.24, 2.45) is 0 Å². The van der Waals surface area contributed by atoms with Gasteiger partial charge >= 0.3 is 6.43 Å². The first-order valence-electron chi connectivity index (χ1n) is 8.77. The van der Waals surface area contributed by atoms with Crippen molar-refractivity contribution < 1.29 is 18.0 Å². The van der Waals surface area contributed by atoms with E-state index in [1.807, 2.05) is 32.2 Å². The first-order valence-corrected chi connectivity index (χ1v) is 9.59. The van der Waals surface area contributed by atoms with Gasteiger partial charge in [-0.3, -0.25) is 0 Å². The molecule has 3 aromatic rings. The van der Waals surface area contributed by atoms with E-state index in [1.165, 1.54) is 4.88 Å². The molecule has 27 heavy (non-hydrogen) atoms. The van der Waals surface area contributed by atoms with Crippen LogP contribution in [-0.2, 0) is 12.8 Å². The number of aromatic nitrogens is 3. The van der Waals surface area contributed by atoms with Gasteiger partial charge in [0.15, 0.2) is 0 Å². The Hall–Kier alpha value is -2.35. The largest absolute Gasteiger partial charge is 0.493 e. The molecule has 3 rings (SSSR count). The van der Waals surface area contributed by atoms with Crippen LogP contribution in [0.25, 0.3) is 11.4 Å². The van der Waals surface area contributed by atoms with Crippen molar-refractivity contribution in [2.75, 3.05) is 6.61 Å². The molecule has 1 aromatic carbocycles. The molecule has 0 atom stereocenters. The van der Waals surface area contributed by atoms with Gasteiger partial charge in [0.25, 0.3) is 5.89 Å². The first-order chi connectivity index (χ1) is 13.0. The highest BCUT2D eigenvalue weighted by Gasteiger charge is 2.18. The SMILES string of the molecule is CCc1ncc(CCCOc2c(C)cc(-c3noc(C(F)F)n3)cc2C)s1. The summed E-state index contributed by atoms with van der Waals surface area (Å²) in [5.74, 6) is 0.282. The quantitative estimate of drug-likeness (QED) is 0.485. The number of ether oxygens (including phenoxy) is 1. The van der Waals surface area contributed by atoms with E-state index in [2.05, 4.69) is 26.6 Å². The number of rotatable bonds is 8. The van der Waals surface area contributed by atoms with Crippen LogP contribution in [0.15, 0.2) is 22.9 Å². The molecule has 0 saturated carbocycles. The fraction of sp³-hybridized carbons (Fsp3) is 0.421. The molecular formula is C19H21F2N3O2S. The average molecular weight is 393 g/mol. The molecule has 144 valence electrons. The van der Waals surface area contributed by atoms with E-state index in [0.717, 1.165) is 41.1 Å². The van der Waals surface area contributed by atoms with Crippen LogP contribution in [0.3, 0.4) is 0 Å². The van der Waals surface area contributed by atoms with Crippen molar-refractivity contribution in [3.05, 3.63) is 45.2 Å². The summed E-state index contributed by atoms with van der Waals surface area (Å²) in [6, 6.07) is 3.64. The highest BCUT2D eigenvalue weighted by atomic mass is 32.1. The van der Waals surface area contributed by atoms with Crippen molar-refractivity contribution in [2.45, 2.75) is 46.5 Å². The molecule has 2 heterocycles. The molecule has 0 amide bonds. The van der Waals surface area contributed by atoms with Crippen molar-refractivity contribution >= 4 is 11.3 Å². The summed E-state index contributed by atoms with van der Waals surface area (Å²) >= 11 is 1.75. The van der Waals surface area contributed by atoms with Gasteiger partial charge in [0.1, 0.15) is 5.75 Å². The summed E-state index contributed by atoms with van der Waals surface area (Å²) < 4.78 is 35.8. The lowest BCUT2D eigenvalue weighted by atomic mass is 10.1. The second kappa shape index (κ2) is 8.56. The Labute approximate surface area is 160 Å². The second-order valence-electron chi connectivity index (χ2n) is 6.22. The van der Waals surface area contributed by atoms with Crippen molar-refractivity contribution in [1.29, 1.82) is 0 Å². The Balaban J connectivity index is 1.62. The van der Waals surface area contributed by atoms with Gasteiger partial charge in [0.05, 0.1) is 11.6 Å². The highest BCUT2D eigenvalue weighted by Crippen LogP contribution is 2.30. The standard InChI is InChI=1S/C19H21F2N3O2S/c1-4-15-22-10-14(27-15)6-5-7-25-16-11(2)8-13(9-12(16)3)18-23-19(17(20)21)26-24-18/h8-10,17H,4-7H2,1-3H3. The Bertz CT molecular complexity index is 885. The van der Waals surface area contributed by atoms with Crippen LogP contribution in [-0.4, -0.2) is 21.7 Å². The Morgan fingerprint density at radius 1 is 1.22 bits per heavy atom. The molecule has 0 bridgehead atoms. The van der Waals surface area contributed by atoms with E-state index in [-0.39, 0.29) is 5.82 Å². The Morgan fingerprint density at radius 2 is 1.96 bits per heavy atom. The van der Waals surface area contributed by atoms with Gasteiger partial charge in [0.2, 0.25) is 5.82 Å². The number of aryl methyl sites for hydroxylation is 4. The lowest BCUT2D eigenvalue weighted by molar-refractivity contribution is 0.106. The monoisotopic (exact) mass is 393 g/mol. The third-order valence-corrected chi connectivity index (χ3v) is 5.27. The minimum Gasteiger partial charge on any atom is -0.493 e. The molecule has 0 saturated heterocycles. The third kappa shape index (κ3) is 4.68. The zero-order chi connectivity index (χ0) is 19.4. The molecule has 0 aliphatic carbocycles. The fourth-order valence-electron chi connectivity index (χ4n) is 2.80. The lowest BCUT2D eigenvalue weighted by Crippen LogP contribution is -2.02. The predicted molar refractivity (Wildman–Crippen MR) is 99.5 cm³/mol. The van der Waals surface area contributed by atoms with Crippen LogP contribution < -0.4 is 4.74 Å². The van der Waals surface area contributed by atoms with Gasteiger partial charge in [-0.25, -0.2) is 4.98 Å². The van der Waals surface area contributed by atoms with Crippen LogP contribution in [0.4, 0.5) is 8.78 Å². The number of hydrogen-bond acceptors (Lipinski definition) is 6. The molecule has 5 nitrogen and oxygen atoms in total. The summed E-state index contributed by atoms with van der Waals surface area (Å²) in [5.41, 5.74) is 2.43. The first kappa shape index (κ1) is 19.4. The minimum atomic E-state index is -2.77. The Kier molecular flexibility index (Phi) is 6.15. The van der Waals surface area contributed by atoms with Crippen LogP contribution in [0.1, 0.15) is 46.7 Å². The van der Waals surface area contributed by atoms with Crippen molar-refractivity contribution in [3.8, 4) is 17.1 Å². The van der Waals surface area contributed by atoms with Gasteiger partial charge in [-0.2, -0.15) is 13.8 Å². The smallest absolute Gasteiger partial charge is 0.315 e. The van der Waals surface area contributed by atoms with Crippen molar-refractivity contribution in [3.63, 3.8) is 0 Å². The summed E-state index contributed by atoms with van der Waals surface area (Å²) in [6.45, 7) is 6.52. The molecule has 0 unspecified atom stereocenters. The molecule has 0 spiro atoms. The van der Waals surface area contributed by atoms with Gasteiger partial charge in [0, 0.05) is 16.6 Å². The van der Waals surface area contributed by atoms with Crippen LogP contribution in [0.2, 0.25) is 0 Å². The van der Waals surface area contributed by atoms with E-state index >= 15 is 0 Å². The maximum atomic E-state index is 12.6. The third-order valence-electron chi connectivity index (χ3n) is 4.06. The zero-order valence-electron chi connectivity index (χ0n) is 15.5. The van der Waals surface area contributed by atoms with E-state index in [4.69, 9.17) is 4.74 Å². The highest BCUT2D eigenvalue weighted by molar-refractivity contribution is 7.11. The number of halogens is 2. The second-order valence-corrected chi connectivity index (χ2v) is 7.42. The molecular weight excluding hydrogens is 372 g/mol. The molecule has 0 fully saturated rings. The van der Waals surface area contributed by atoms with E-state index < -0.39 is 12.3 Å². The number of hydrogen-bond donors (Lipinski definition) is 0. The zero-order valence-corrected chi connectivity index (χ0v) is 16.3. The number of thiazole rings is 1. The predicted octanol–water partition coefficient (Wildman–Crippen LogP) is 5.32. The molecule has 2 aromatic heterocycles. The van der Waals surface area contributed by atoms with Crippen LogP contribution >= 0.6 is 11.3 Å². The Morgan fingerprint density at radius 3 is 2.56 bits per heavy atom. The molecule has 0 radical (unpaired) electrons. The van der Waals surface area contributed by atoms with E-state index in [0.29, 0.717) is 12.2 Å². The number of nitrogens with zero attached hydrogens (tertiary/aromatic N) is 3. The molecule has 0 N–H and O–H groups in total. The van der Waals surface area contributed by atoms with Gasteiger partial charge in [-0.15, -0.1) is 11.3 Å². The van der Waals surface area contributed by atoms with Crippen LogP contribution in [0.5, 0.6) is 5.75 Å². The molecule has 0 aliphatic heterocycles. The summed E-state index contributed by atoms with van der Waals surface area (Å²) in [6.07, 6.45) is 1.96. The fourth-order valence-corrected chi connectivity index (χ4v) is 3.70. The normalized spacial score (nSPS) is 11.3. The van der Waals surface area contributed by atoms with Gasteiger partial charge < -0.3 is 9.26 Å². The number of alkyl halides is 2. The number of benzene rings is 1. The van der Waals surface area contributed by atoms with Crippen LogP contribution in [0, 0.1) is 13.8 Å². The van der Waals surface area contributed by atoms with E-state index in [1.54, 1.807) is 11.3 Å². The topological polar surface area (TPSA) is 61.0 Å². The van der Waals surface area contributed by atoms with Gasteiger partial charge in [-0.1, -0.05) is 12.1 Å². The van der Waals surface area contributed by atoms with Crippen molar-refractivity contribution in [1.82, 2.24) is 15.1 Å².